The van der Waals surface area contributed by atoms with E-state index in [9.17, 15) is 34.8 Å². The summed E-state index contributed by atoms with van der Waals surface area (Å²) in [7, 11) is 1.36. The van der Waals surface area contributed by atoms with Gasteiger partial charge in [-0.2, -0.15) is 0 Å². The van der Waals surface area contributed by atoms with Crippen LogP contribution in [-0.2, 0) is 22.5 Å². The number of aromatic hydroxyl groups is 2. The molecule has 4 unspecified atom stereocenters. The molecule has 0 saturated heterocycles. The molecule has 1 fully saturated rings. The number of carbonyl (C=O) groups excluding carboxylic acids is 3. The maximum Gasteiger partial charge on any atom is 0.202 e. The molecule has 0 spiro atoms. The molecule has 0 radical (unpaired) electrons. The predicted molar refractivity (Wildman–Crippen MR) is 167 cm³/mol. The second kappa shape index (κ2) is 11.8. The summed E-state index contributed by atoms with van der Waals surface area (Å²) in [6.07, 6.45) is -2.16. The Morgan fingerprint density at radius 3 is 2.46 bits per heavy atom. The van der Waals surface area contributed by atoms with Crippen molar-refractivity contribution in [3.8, 4) is 17.2 Å². The molecule has 1 saturated carbocycles. The van der Waals surface area contributed by atoms with Gasteiger partial charge in [0.2, 0.25) is 5.78 Å². The van der Waals surface area contributed by atoms with E-state index in [1.54, 1.807) is 12.1 Å². The SMILES string of the molecule is COc1cccc2c1C(=O)c1c(O)c3c(c(O)c1C2=O)C[C@@](O)(C(C)=O)C[C@@H]3OC1CC(C)C(O)C(NCc2cccc(N)c2)C1. The molecule has 11 nitrogen and oxygen atoms in total. The molecular weight excluding hydrogens is 592 g/mol. The number of nitrogens with one attached hydrogen (secondary N) is 1. The highest BCUT2D eigenvalue weighted by Crippen LogP contribution is 2.52. The highest BCUT2D eigenvalue weighted by atomic mass is 16.5. The van der Waals surface area contributed by atoms with E-state index in [0.29, 0.717) is 25.1 Å². The number of phenolic OH excluding ortho intramolecular Hbond substituents is 2. The topological polar surface area (TPSA) is 189 Å². The van der Waals surface area contributed by atoms with Gasteiger partial charge in [0, 0.05) is 47.8 Å². The summed E-state index contributed by atoms with van der Waals surface area (Å²) in [6, 6.07) is 11.5. The minimum Gasteiger partial charge on any atom is -0.507 e. The normalized spacial score (nSPS) is 27.0. The summed E-state index contributed by atoms with van der Waals surface area (Å²) >= 11 is 0. The van der Waals surface area contributed by atoms with E-state index >= 15 is 0 Å². The molecule has 0 amide bonds. The van der Waals surface area contributed by atoms with Gasteiger partial charge < -0.3 is 41.0 Å². The molecule has 46 heavy (non-hydrogen) atoms. The summed E-state index contributed by atoms with van der Waals surface area (Å²) in [6.45, 7) is 3.57. The average Bonchev–Trinajstić information content (AvgIpc) is 3.01. The van der Waals surface area contributed by atoms with Gasteiger partial charge in [0.1, 0.15) is 22.8 Å². The number of phenols is 2. The van der Waals surface area contributed by atoms with E-state index in [-0.39, 0.29) is 58.4 Å². The zero-order chi connectivity index (χ0) is 33.1. The Kier molecular flexibility index (Phi) is 8.14. The van der Waals surface area contributed by atoms with Crippen molar-refractivity contribution in [2.24, 2.45) is 5.92 Å². The Morgan fingerprint density at radius 1 is 1.04 bits per heavy atom. The average molecular weight is 631 g/mol. The standard InChI is InChI=1S/C35H38N2O9/c1-16-10-20(12-23(30(16)39)37-15-18-6-4-7-19(36)11-18)46-25-14-35(44,17(2)38)13-22-27(25)34(43)29-28(32(22)41)31(40)21-8-5-9-24(45-3)26(21)33(29)42/h4-9,11,16,20,23,25,30,37,39,41,43-44H,10,12-15,36H2,1-3H3/t16?,20?,23?,25-,30?,35-/m0/s1. The number of nitrogens with two attached hydrogens (primary N) is 1. The molecule has 3 aromatic rings. The van der Waals surface area contributed by atoms with E-state index in [1.165, 1.54) is 26.2 Å². The second-order valence-corrected chi connectivity index (χ2v) is 12.8. The Balaban J connectivity index is 1.38. The van der Waals surface area contributed by atoms with Crippen molar-refractivity contribution in [1.82, 2.24) is 5.32 Å². The summed E-state index contributed by atoms with van der Waals surface area (Å²) in [5.41, 5.74) is 4.73. The van der Waals surface area contributed by atoms with Crippen molar-refractivity contribution in [1.29, 1.82) is 0 Å². The fourth-order valence-electron chi connectivity index (χ4n) is 7.27. The number of anilines is 1. The predicted octanol–water partition coefficient (Wildman–Crippen LogP) is 3.11. The van der Waals surface area contributed by atoms with Crippen LogP contribution in [0.2, 0.25) is 0 Å². The third-order valence-corrected chi connectivity index (χ3v) is 9.75. The van der Waals surface area contributed by atoms with Crippen LogP contribution in [0.15, 0.2) is 42.5 Å². The third kappa shape index (κ3) is 5.23. The number of fused-ring (bicyclic) bond motifs is 3. The van der Waals surface area contributed by atoms with Crippen LogP contribution in [0.3, 0.4) is 0 Å². The van der Waals surface area contributed by atoms with Crippen molar-refractivity contribution in [3.63, 3.8) is 0 Å². The Morgan fingerprint density at radius 2 is 1.76 bits per heavy atom. The van der Waals surface area contributed by atoms with E-state index < -0.39 is 58.3 Å². The number of nitrogen functional groups attached to an aromatic ring is 1. The van der Waals surface area contributed by atoms with Gasteiger partial charge in [0.25, 0.3) is 0 Å². The number of ketones is 3. The van der Waals surface area contributed by atoms with E-state index in [1.807, 2.05) is 25.1 Å². The van der Waals surface area contributed by atoms with Crippen LogP contribution in [0.1, 0.15) is 87.7 Å². The van der Waals surface area contributed by atoms with Crippen LogP contribution in [0.5, 0.6) is 17.2 Å². The molecule has 0 aromatic heterocycles. The van der Waals surface area contributed by atoms with Crippen LogP contribution in [0.4, 0.5) is 5.69 Å². The lowest BCUT2D eigenvalue weighted by Crippen LogP contribution is -2.51. The minimum absolute atomic E-state index is 0.00317. The van der Waals surface area contributed by atoms with Crippen molar-refractivity contribution in [2.75, 3.05) is 12.8 Å². The number of benzene rings is 3. The fourth-order valence-corrected chi connectivity index (χ4v) is 7.27. The van der Waals surface area contributed by atoms with Crippen molar-refractivity contribution in [2.45, 2.75) is 76.0 Å². The lowest BCUT2D eigenvalue weighted by atomic mass is 9.72. The largest absolute Gasteiger partial charge is 0.507 e. The summed E-state index contributed by atoms with van der Waals surface area (Å²) in [5.74, 6) is -3.16. The molecular formula is C35H38N2O9. The first-order valence-electron chi connectivity index (χ1n) is 15.4. The highest BCUT2D eigenvalue weighted by molar-refractivity contribution is 6.31. The van der Waals surface area contributed by atoms with E-state index in [0.717, 1.165) is 5.56 Å². The van der Waals surface area contributed by atoms with Crippen LogP contribution >= 0.6 is 0 Å². The highest BCUT2D eigenvalue weighted by Gasteiger charge is 2.49. The van der Waals surface area contributed by atoms with Gasteiger partial charge in [0.05, 0.1) is 42.1 Å². The number of hydrogen-bond donors (Lipinski definition) is 6. The molecule has 0 bridgehead atoms. The number of aliphatic hydroxyl groups excluding tert-OH is 1. The summed E-state index contributed by atoms with van der Waals surface area (Å²) < 4.78 is 11.9. The van der Waals surface area contributed by atoms with E-state index in [4.69, 9.17) is 15.2 Å². The van der Waals surface area contributed by atoms with Gasteiger partial charge in [-0.3, -0.25) is 14.4 Å². The molecule has 11 heteroatoms. The molecule has 0 aliphatic heterocycles. The van der Waals surface area contributed by atoms with Gasteiger partial charge in [-0.05, 0) is 49.4 Å². The first kappa shape index (κ1) is 31.7. The molecule has 242 valence electrons. The van der Waals surface area contributed by atoms with E-state index in [2.05, 4.69) is 5.32 Å². The number of methoxy groups -OCH3 is 1. The zero-order valence-electron chi connectivity index (χ0n) is 25.9. The molecule has 0 heterocycles. The van der Waals surface area contributed by atoms with Crippen molar-refractivity contribution < 1.29 is 44.3 Å². The maximum atomic E-state index is 13.9. The zero-order valence-corrected chi connectivity index (χ0v) is 25.9. The lowest BCUT2D eigenvalue weighted by molar-refractivity contribution is -0.147. The quantitative estimate of drug-likeness (QED) is 0.130. The molecule has 6 atom stereocenters. The van der Waals surface area contributed by atoms with Crippen LogP contribution in [0, 0.1) is 5.92 Å². The van der Waals surface area contributed by atoms with Gasteiger partial charge >= 0.3 is 0 Å². The maximum absolute atomic E-state index is 13.9. The van der Waals surface area contributed by atoms with Gasteiger partial charge in [0.15, 0.2) is 11.6 Å². The first-order chi connectivity index (χ1) is 21.8. The summed E-state index contributed by atoms with van der Waals surface area (Å²) in [4.78, 5) is 40.3. The molecule has 7 N–H and O–H groups in total. The number of Topliss-reactive ketones (excluding diaryl/α,β-unsaturated/α-hetero) is 1. The Labute approximate surface area is 266 Å². The number of rotatable bonds is 7. The molecule has 3 aliphatic rings. The van der Waals surface area contributed by atoms with Crippen LogP contribution < -0.4 is 15.8 Å². The molecule has 3 aromatic carbocycles. The first-order valence-corrected chi connectivity index (χ1v) is 15.4. The third-order valence-electron chi connectivity index (χ3n) is 9.75. The van der Waals surface area contributed by atoms with Gasteiger partial charge in [-0.25, -0.2) is 0 Å². The molecule has 6 rings (SSSR count). The monoisotopic (exact) mass is 630 g/mol. The lowest BCUT2D eigenvalue weighted by Gasteiger charge is -2.43. The minimum atomic E-state index is -1.97. The van der Waals surface area contributed by atoms with Crippen molar-refractivity contribution in [3.05, 3.63) is 81.4 Å². The van der Waals surface area contributed by atoms with Crippen LogP contribution in [0.25, 0.3) is 0 Å². The van der Waals surface area contributed by atoms with Gasteiger partial charge in [-0.15, -0.1) is 0 Å². The van der Waals surface area contributed by atoms with Crippen molar-refractivity contribution >= 4 is 23.0 Å². The molecule has 3 aliphatic carbocycles. The number of hydrogen-bond acceptors (Lipinski definition) is 11. The number of ether oxygens (including phenoxy) is 2. The van der Waals surface area contributed by atoms with Crippen LogP contribution in [-0.4, -0.2) is 68.7 Å². The Bertz CT molecular complexity index is 1750. The summed E-state index contributed by atoms with van der Waals surface area (Å²) in [5, 5.41) is 49.2. The Hall–Kier alpha value is -4.29. The second-order valence-electron chi connectivity index (χ2n) is 12.8. The number of carbonyl (C=O) groups is 3. The van der Waals surface area contributed by atoms with Gasteiger partial charge in [-0.1, -0.05) is 31.2 Å². The smallest absolute Gasteiger partial charge is 0.202 e. The fraction of sp³-hybridized carbons (Fsp3) is 0.400. The number of aliphatic hydroxyl groups is 2.